The number of aryl methyl sites for hydroxylation is 1. The molecule has 4 heteroatoms. The predicted octanol–water partition coefficient (Wildman–Crippen LogP) is 2.85. The normalized spacial score (nSPS) is 13.3. The molecule has 93 valence electrons. The third kappa shape index (κ3) is 4.71. The van der Waals surface area contributed by atoms with Crippen molar-refractivity contribution in [3.8, 4) is 0 Å². The van der Waals surface area contributed by atoms with E-state index in [4.69, 9.17) is 4.55 Å². The molecule has 0 saturated heterocycles. The van der Waals surface area contributed by atoms with Gasteiger partial charge in [-0.15, -0.1) is 0 Å². The summed E-state index contributed by atoms with van der Waals surface area (Å²) in [6, 6.07) is 10.6. The number of rotatable bonds is 6. The SMILES string of the molecule is C=C([C@H](C)CCCc1cc[c]cc1)S(=O)(=O)O. The first kappa shape index (κ1) is 13.9. The Morgan fingerprint density at radius 3 is 2.59 bits per heavy atom. The summed E-state index contributed by atoms with van der Waals surface area (Å²) in [6.07, 6.45) is 2.44. The molecule has 0 aliphatic heterocycles. The molecule has 1 aromatic rings. The lowest BCUT2D eigenvalue weighted by molar-refractivity contribution is 0.478. The number of hydrogen-bond acceptors (Lipinski definition) is 2. The zero-order chi connectivity index (χ0) is 12.9. The van der Waals surface area contributed by atoms with Crippen molar-refractivity contribution in [3.05, 3.63) is 47.4 Å². The molecule has 17 heavy (non-hydrogen) atoms. The topological polar surface area (TPSA) is 54.4 Å². The van der Waals surface area contributed by atoms with Crippen molar-refractivity contribution in [1.29, 1.82) is 0 Å². The van der Waals surface area contributed by atoms with Crippen LogP contribution in [0.2, 0.25) is 0 Å². The van der Waals surface area contributed by atoms with Gasteiger partial charge in [-0.25, -0.2) is 0 Å². The molecule has 0 bridgehead atoms. The van der Waals surface area contributed by atoms with Crippen LogP contribution in [0.5, 0.6) is 0 Å². The number of allylic oxidation sites excluding steroid dienone is 1. The van der Waals surface area contributed by atoms with Gasteiger partial charge in [-0.3, -0.25) is 4.55 Å². The van der Waals surface area contributed by atoms with Gasteiger partial charge in [0.25, 0.3) is 10.1 Å². The lowest BCUT2D eigenvalue weighted by Gasteiger charge is -2.11. The van der Waals surface area contributed by atoms with Crippen LogP contribution in [0.15, 0.2) is 35.7 Å². The Morgan fingerprint density at radius 1 is 1.47 bits per heavy atom. The Balaban J connectivity index is 2.40. The summed E-state index contributed by atoms with van der Waals surface area (Å²) in [6.45, 7) is 5.17. The molecule has 1 atom stereocenters. The highest BCUT2D eigenvalue weighted by molar-refractivity contribution is 7.89. The zero-order valence-corrected chi connectivity index (χ0v) is 10.7. The summed E-state index contributed by atoms with van der Waals surface area (Å²) in [5.41, 5.74) is 1.20. The van der Waals surface area contributed by atoms with Crippen LogP contribution in [0.25, 0.3) is 0 Å². The van der Waals surface area contributed by atoms with Crippen molar-refractivity contribution in [2.45, 2.75) is 26.2 Å². The highest BCUT2D eigenvalue weighted by Crippen LogP contribution is 2.20. The Bertz CT molecular complexity index is 463. The fourth-order valence-corrected chi connectivity index (χ4v) is 2.24. The van der Waals surface area contributed by atoms with Crippen LogP contribution in [0.1, 0.15) is 25.3 Å². The Kier molecular flexibility index (Phi) is 4.90. The maximum atomic E-state index is 10.9. The van der Waals surface area contributed by atoms with Crippen LogP contribution in [0, 0.1) is 12.0 Å². The summed E-state index contributed by atoms with van der Waals surface area (Å²) < 4.78 is 30.6. The summed E-state index contributed by atoms with van der Waals surface area (Å²) in [5, 5.41) is 0. The highest BCUT2D eigenvalue weighted by atomic mass is 32.2. The van der Waals surface area contributed by atoms with Gasteiger partial charge in [0.2, 0.25) is 0 Å². The zero-order valence-electron chi connectivity index (χ0n) is 9.89. The minimum absolute atomic E-state index is 0.0982. The average Bonchev–Trinajstić information content (AvgIpc) is 2.28. The largest absolute Gasteiger partial charge is 0.290 e. The van der Waals surface area contributed by atoms with Gasteiger partial charge >= 0.3 is 0 Å². The second-order valence-electron chi connectivity index (χ2n) is 4.14. The van der Waals surface area contributed by atoms with E-state index in [1.165, 1.54) is 5.56 Å². The molecule has 1 N–H and O–H groups in total. The minimum Gasteiger partial charge on any atom is -0.282 e. The highest BCUT2D eigenvalue weighted by Gasteiger charge is 2.17. The maximum absolute atomic E-state index is 10.9. The fraction of sp³-hybridized carbons (Fsp3) is 0.385. The second kappa shape index (κ2) is 5.98. The van der Waals surface area contributed by atoms with Gasteiger partial charge in [0.15, 0.2) is 0 Å². The predicted molar refractivity (Wildman–Crippen MR) is 68.1 cm³/mol. The van der Waals surface area contributed by atoms with E-state index in [9.17, 15) is 8.42 Å². The molecule has 0 unspecified atom stereocenters. The van der Waals surface area contributed by atoms with E-state index in [-0.39, 0.29) is 10.8 Å². The summed E-state index contributed by atoms with van der Waals surface area (Å²) in [7, 11) is -4.10. The third-order valence-corrected chi connectivity index (χ3v) is 3.84. The van der Waals surface area contributed by atoms with Crippen LogP contribution in [-0.4, -0.2) is 13.0 Å². The number of benzene rings is 1. The van der Waals surface area contributed by atoms with E-state index in [2.05, 4.69) is 12.6 Å². The van der Waals surface area contributed by atoms with Crippen LogP contribution in [-0.2, 0) is 16.5 Å². The summed E-state index contributed by atoms with van der Waals surface area (Å²) >= 11 is 0. The van der Waals surface area contributed by atoms with Crippen LogP contribution in [0.3, 0.4) is 0 Å². The molecule has 1 aromatic carbocycles. The molecule has 0 heterocycles. The molecule has 0 spiro atoms. The van der Waals surface area contributed by atoms with Crippen molar-refractivity contribution < 1.29 is 13.0 Å². The molecular formula is C13H17O3S. The quantitative estimate of drug-likeness (QED) is 0.793. The average molecular weight is 253 g/mol. The van der Waals surface area contributed by atoms with Crippen LogP contribution < -0.4 is 0 Å². The van der Waals surface area contributed by atoms with Crippen LogP contribution in [0.4, 0.5) is 0 Å². The van der Waals surface area contributed by atoms with E-state index in [0.29, 0.717) is 6.42 Å². The van der Waals surface area contributed by atoms with E-state index >= 15 is 0 Å². The Hall–Kier alpha value is -1.13. The standard InChI is InChI=1S/C13H17O3S/c1-11(12(2)17(14,15)16)7-6-10-13-8-4-3-5-9-13/h4-5,8-9,11H,2,6-7,10H2,1H3,(H,14,15,16)/t11-/m1/s1. The first-order chi connectivity index (χ1) is 7.91. The fourth-order valence-electron chi connectivity index (χ4n) is 1.62. The first-order valence-electron chi connectivity index (χ1n) is 5.52. The minimum atomic E-state index is -4.10. The van der Waals surface area contributed by atoms with Gasteiger partial charge in [-0.1, -0.05) is 37.8 Å². The molecule has 1 rings (SSSR count). The van der Waals surface area contributed by atoms with E-state index in [1.54, 1.807) is 6.92 Å². The lowest BCUT2D eigenvalue weighted by atomic mass is 10.0. The summed E-state index contributed by atoms with van der Waals surface area (Å²) in [4.78, 5) is -0.0982. The van der Waals surface area contributed by atoms with E-state index < -0.39 is 10.1 Å². The third-order valence-electron chi connectivity index (χ3n) is 2.77. The lowest BCUT2D eigenvalue weighted by Crippen LogP contribution is -2.09. The summed E-state index contributed by atoms with van der Waals surface area (Å²) in [5.74, 6) is -0.222. The first-order valence-corrected chi connectivity index (χ1v) is 6.96. The molecule has 1 radical (unpaired) electrons. The van der Waals surface area contributed by atoms with Gasteiger partial charge in [0.1, 0.15) is 0 Å². The van der Waals surface area contributed by atoms with Gasteiger partial charge < -0.3 is 0 Å². The smallest absolute Gasteiger partial charge is 0.282 e. The van der Waals surface area contributed by atoms with Crippen molar-refractivity contribution in [2.24, 2.45) is 5.92 Å². The van der Waals surface area contributed by atoms with Crippen molar-refractivity contribution in [3.63, 3.8) is 0 Å². The Labute approximate surface area is 103 Å². The molecule has 0 amide bonds. The molecule has 3 nitrogen and oxygen atoms in total. The van der Waals surface area contributed by atoms with Crippen molar-refractivity contribution in [1.82, 2.24) is 0 Å². The monoisotopic (exact) mass is 253 g/mol. The van der Waals surface area contributed by atoms with Crippen molar-refractivity contribution >= 4 is 10.1 Å². The van der Waals surface area contributed by atoms with Crippen molar-refractivity contribution in [2.75, 3.05) is 0 Å². The van der Waals surface area contributed by atoms with Gasteiger partial charge in [0.05, 0.1) is 4.91 Å². The van der Waals surface area contributed by atoms with E-state index in [1.807, 2.05) is 24.3 Å². The van der Waals surface area contributed by atoms with Gasteiger partial charge in [0, 0.05) is 0 Å². The molecule has 0 fully saturated rings. The molecule has 0 aromatic heterocycles. The Morgan fingerprint density at radius 2 is 2.06 bits per heavy atom. The second-order valence-corrected chi connectivity index (χ2v) is 5.62. The van der Waals surface area contributed by atoms with Gasteiger partial charge in [-0.05, 0) is 36.8 Å². The molecular weight excluding hydrogens is 236 g/mol. The molecule has 0 aliphatic carbocycles. The number of hydrogen-bond donors (Lipinski definition) is 1. The van der Waals surface area contributed by atoms with Gasteiger partial charge in [-0.2, -0.15) is 8.42 Å². The molecule has 0 aliphatic rings. The molecule has 0 saturated carbocycles. The van der Waals surface area contributed by atoms with E-state index in [0.717, 1.165) is 12.8 Å². The maximum Gasteiger partial charge on any atom is 0.290 e. The van der Waals surface area contributed by atoms with Crippen LogP contribution >= 0.6 is 0 Å².